The number of nitrogens with zero attached hydrogens (tertiary/aromatic N) is 5. The molecule has 1 saturated heterocycles. The third-order valence-corrected chi connectivity index (χ3v) is 8.00. The number of benzene rings is 1. The molecule has 2 fully saturated rings. The molecule has 0 spiro atoms. The lowest BCUT2D eigenvalue weighted by molar-refractivity contribution is 0.100. The molecule has 5 aromatic rings. The van der Waals surface area contributed by atoms with Crippen molar-refractivity contribution in [3.05, 3.63) is 70.8 Å². The summed E-state index contributed by atoms with van der Waals surface area (Å²) in [6.07, 6.45) is 7.93. The minimum atomic E-state index is -0.0663. The molecule has 45 heavy (non-hydrogen) atoms. The summed E-state index contributed by atoms with van der Waals surface area (Å²) in [6, 6.07) is 13.1. The number of ketones is 1. The molecule has 1 N–H and O–H groups in total. The van der Waals surface area contributed by atoms with Crippen LogP contribution in [0.2, 0.25) is 0 Å². The highest BCUT2D eigenvalue weighted by Gasteiger charge is 2.24. The molecule has 10 nitrogen and oxygen atoms in total. The number of anilines is 3. The van der Waals surface area contributed by atoms with Crippen LogP contribution in [0.1, 0.15) is 76.8 Å². The minimum absolute atomic E-state index is 0.0342. The lowest BCUT2D eigenvalue weighted by Gasteiger charge is -2.27. The van der Waals surface area contributed by atoms with Gasteiger partial charge in [-0.2, -0.15) is 4.98 Å². The predicted molar refractivity (Wildman–Crippen MR) is 180 cm³/mol. The number of carbonyl (C=O) groups excluding carboxylic acids is 1. The van der Waals surface area contributed by atoms with Gasteiger partial charge in [-0.05, 0) is 48.7 Å². The first kappa shape index (κ1) is 31.8. The van der Waals surface area contributed by atoms with Gasteiger partial charge in [-0.1, -0.05) is 46.6 Å². The summed E-state index contributed by atoms with van der Waals surface area (Å²) in [6.45, 7) is 12.2. The van der Waals surface area contributed by atoms with Gasteiger partial charge in [0.05, 0.1) is 24.3 Å². The number of hydrogen-bond donors (Lipinski definition) is 1. The van der Waals surface area contributed by atoms with Crippen molar-refractivity contribution >= 4 is 45.4 Å². The van der Waals surface area contributed by atoms with Crippen LogP contribution in [0.4, 0.5) is 17.7 Å². The zero-order valence-corrected chi connectivity index (χ0v) is 26.8. The van der Waals surface area contributed by atoms with Crippen LogP contribution in [0.15, 0.2) is 64.1 Å². The topological polar surface area (TPSA) is 115 Å². The Hall–Kier alpha value is -4.57. The Morgan fingerprint density at radius 1 is 0.911 bits per heavy atom. The van der Waals surface area contributed by atoms with Crippen LogP contribution < -0.4 is 15.6 Å². The number of pyridine rings is 1. The van der Waals surface area contributed by atoms with Crippen LogP contribution in [0, 0.1) is 0 Å². The molecule has 0 amide bonds. The van der Waals surface area contributed by atoms with E-state index in [0.717, 1.165) is 47.8 Å². The second-order valence-electron chi connectivity index (χ2n) is 10.7. The summed E-state index contributed by atoms with van der Waals surface area (Å²) in [4.78, 5) is 41.0. The molecule has 0 unspecified atom stereocenters. The summed E-state index contributed by atoms with van der Waals surface area (Å²) in [5.74, 6) is 1.62. The van der Waals surface area contributed by atoms with Crippen molar-refractivity contribution in [3.8, 4) is 11.1 Å². The van der Waals surface area contributed by atoms with Crippen molar-refractivity contribution in [2.24, 2.45) is 0 Å². The number of carbonyl (C=O) groups is 1. The number of ether oxygens (including phenoxy) is 1. The number of nitrogens with one attached hydrogen (secondary N) is 1. The van der Waals surface area contributed by atoms with Crippen molar-refractivity contribution in [2.75, 3.05) is 36.5 Å². The maximum atomic E-state index is 12.8. The average molecular weight is 611 g/mol. The van der Waals surface area contributed by atoms with E-state index in [9.17, 15) is 9.59 Å². The quantitative estimate of drug-likeness (QED) is 0.195. The average Bonchev–Trinajstić information content (AvgIpc) is 3.75. The fraction of sp³-hybridized carbons (Fsp3) is 0.400. The Balaban J connectivity index is 0.000000963. The van der Waals surface area contributed by atoms with Gasteiger partial charge in [-0.3, -0.25) is 9.59 Å². The highest BCUT2D eigenvalue weighted by atomic mass is 16.5. The third-order valence-electron chi connectivity index (χ3n) is 8.00. The standard InChI is InChI=1S/C31H30N6O4.2C2H6/c1-19(38)25-14-22-18-33-31(35-30(22)37(25)23-4-2-3-5-23)34-28-9-7-21(17-32-28)20-6-8-24-26(39)16-29(41-27(24)15-20)36-10-12-40-13-11-36;2*1-2/h6-9,14-18,23H,2-5,10-13H2,1H3,(H,32,33,34,35);2*1-2H3. The lowest BCUT2D eigenvalue weighted by Crippen LogP contribution is -2.36. The van der Waals surface area contributed by atoms with Crippen LogP contribution in [-0.2, 0) is 4.74 Å². The smallest absolute Gasteiger partial charge is 0.230 e. The molecule has 1 saturated carbocycles. The van der Waals surface area contributed by atoms with Crippen molar-refractivity contribution in [2.45, 2.75) is 66.3 Å². The van der Waals surface area contributed by atoms with E-state index >= 15 is 0 Å². The number of Topliss-reactive ketones (excluding diaryl/α,β-unsaturated/α-hetero) is 1. The molecule has 236 valence electrons. The SMILES string of the molecule is CC.CC.CC(=O)c1cc2cnc(Nc3ccc(-c4ccc5c(=O)cc(N6CCOCC6)oc5c4)cn3)nc2n1C1CCCC1. The number of morpholine rings is 1. The summed E-state index contributed by atoms with van der Waals surface area (Å²) >= 11 is 0. The molecule has 1 aliphatic heterocycles. The fourth-order valence-corrected chi connectivity index (χ4v) is 5.89. The molecule has 10 heteroatoms. The molecule has 4 aromatic heterocycles. The van der Waals surface area contributed by atoms with Crippen molar-refractivity contribution in [1.29, 1.82) is 0 Å². The summed E-state index contributed by atoms with van der Waals surface area (Å²) in [7, 11) is 0. The van der Waals surface area contributed by atoms with Crippen LogP contribution in [0.5, 0.6) is 0 Å². The largest absolute Gasteiger partial charge is 0.440 e. The first-order valence-electron chi connectivity index (χ1n) is 16.1. The van der Waals surface area contributed by atoms with Gasteiger partial charge in [-0.25, -0.2) is 9.97 Å². The van der Waals surface area contributed by atoms with E-state index in [2.05, 4.69) is 19.9 Å². The van der Waals surface area contributed by atoms with E-state index in [1.54, 1.807) is 31.5 Å². The Labute approximate surface area is 263 Å². The highest BCUT2D eigenvalue weighted by Crippen LogP contribution is 2.35. The van der Waals surface area contributed by atoms with E-state index in [1.807, 2.05) is 62.9 Å². The van der Waals surface area contributed by atoms with Gasteiger partial charge in [-0.15, -0.1) is 0 Å². The zero-order valence-electron chi connectivity index (χ0n) is 26.8. The normalized spacial score (nSPS) is 14.9. The number of aromatic nitrogens is 4. The molecule has 7 rings (SSSR count). The van der Waals surface area contributed by atoms with E-state index in [1.165, 1.54) is 0 Å². The first-order valence-corrected chi connectivity index (χ1v) is 16.1. The molecule has 0 radical (unpaired) electrons. The number of rotatable bonds is 6. The van der Waals surface area contributed by atoms with Gasteiger partial charge < -0.3 is 23.9 Å². The predicted octanol–water partition coefficient (Wildman–Crippen LogP) is 7.55. The molecule has 1 aromatic carbocycles. The summed E-state index contributed by atoms with van der Waals surface area (Å²) in [5, 5.41) is 4.60. The van der Waals surface area contributed by atoms with E-state index < -0.39 is 0 Å². The molecule has 5 heterocycles. The molecular formula is C35H42N6O4. The molecular weight excluding hydrogens is 568 g/mol. The lowest BCUT2D eigenvalue weighted by atomic mass is 10.1. The number of fused-ring (bicyclic) bond motifs is 2. The summed E-state index contributed by atoms with van der Waals surface area (Å²) in [5.41, 5.74) is 3.70. The van der Waals surface area contributed by atoms with Crippen molar-refractivity contribution < 1.29 is 13.9 Å². The van der Waals surface area contributed by atoms with Gasteiger partial charge in [0, 0.05) is 55.5 Å². The Kier molecular flexibility index (Phi) is 10.2. The van der Waals surface area contributed by atoms with E-state index in [4.69, 9.17) is 14.1 Å². The van der Waals surface area contributed by atoms with E-state index in [-0.39, 0.29) is 17.3 Å². The second-order valence-corrected chi connectivity index (χ2v) is 10.7. The first-order chi connectivity index (χ1) is 22.0. The fourth-order valence-electron chi connectivity index (χ4n) is 5.89. The minimum Gasteiger partial charge on any atom is -0.440 e. The maximum absolute atomic E-state index is 12.8. The van der Waals surface area contributed by atoms with Crippen LogP contribution >= 0.6 is 0 Å². The van der Waals surface area contributed by atoms with Gasteiger partial charge in [0.25, 0.3) is 0 Å². The van der Waals surface area contributed by atoms with Crippen LogP contribution in [0.25, 0.3) is 33.1 Å². The second kappa shape index (κ2) is 14.5. The third kappa shape index (κ3) is 6.76. The van der Waals surface area contributed by atoms with Crippen LogP contribution in [-0.4, -0.2) is 51.6 Å². The Morgan fingerprint density at radius 2 is 1.64 bits per heavy atom. The van der Waals surface area contributed by atoms with Gasteiger partial charge >= 0.3 is 0 Å². The van der Waals surface area contributed by atoms with Crippen molar-refractivity contribution in [1.82, 2.24) is 19.5 Å². The van der Waals surface area contributed by atoms with Gasteiger partial charge in [0.1, 0.15) is 17.0 Å². The van der Waals surface area contributed by atoms with Crippen molar-refractivity contribution in [3.63, 3.8) is 0 Å². The van der Waals surface area contributed by atoms with Gasteiger partial charge in [0.2, 0.25) is 5.95 Å². The van der Waals surface area contributed by atoms with Gasteiger partial charge in [0.15, 0.2) is 17.1 Å². The molecule has 0 bridgehead atoms. The Bertz CT molecular complexity index is 1820. The highest BCUT2D eigenvalue weighted by molar-refractivity contribution is 5.98. The molecule has 2 aliphatic rings. The monoisotopic (exact) mass is 610 g/mol. The Morgan fingerprint density at radius 3 is 2.33 bits per heavy atom. The van der Waals surface area contributed by atoms with E-state index in [0.29, 0.717) is 60.6 Å². The molecule has 0 atom stereocenters. The van der Waals surface area contributed by atoms with Crippen LogP contribution in [0.3, 0.4) is 0 Å². The number of hydrogen-bond acceptors (Lipinski definition) is 9. The maximum Gasteiger partial charge on any atom is 0.230 e. The molecule has 1 aliphatic carbocycles. The zero-order chi connectivity index (χ0) is 31.9. The summed E-state index contributed by atoms with van der Waals surface area (Å²) < 4.78 is 13.7.